The fourth-order valence-electron chi connectivity index (χ4n) is 4.62. The van der Waals surface area contributed by atoms with Gasteiger partial charge < -0.3 is 24.2 Å². The van der Waals surface area contributed by atoms with Crippen LogP contribution < -0.4 is 10.1 Å². The van der Waals surface area contributed by atoms with Crippen LogP contribution in [0, 0.1) is 12.8 Å². The van der Waals surface area contributed by atoms with E-state index in [1.54, 1.807) is 24.0 Å². The monoisotopic (exact) mass is 415 g/mol. The highest BCUT2D eigenvalue weighted by atomic mass is 16.5. The van der Waals surface area contributed by atoms with Gasteiger partial charge in [0.1, 0.15) is 6.61 Å². The first-order valence-electron chi connectivity index (χ1n) is 9.83. The van der Waals surface area contributed by atoms with Crippen LogP contribution in [-0.2, 0) is 14.9 Å². The summed E-state index contributed by atoms with van der Waals surface area (Å²) < 4.78 is 15.6. The Hall–Kier alpha value is -3.01. The Morgan fingerprint density at radius 1 is 1.37 bits per heavy atom. The zero-order chi connectivity index (χ0) is 21.3. The quantitative estimate of drug-likeness (QED) is 0.733. The highest BCUT2D eigenvalue weighted by molar-refractivity contribution is 5.94. The Labute approximate surface area is 173 Å². The van der Waals surface area contributed by atoms with Crippen molar-refractivity contribution in [2.24, 2.45) is 5.92 Å². The van der Waals surface area contributed by atoms with E-state index in [-0.39, 0.29) is 30.4 Å². The molecule has 0 spiro atoms. The number of ether oxygens (including phenoxy) is 2. The van der Waals surface area contributed by atoms with Gasteiger partial charge in [0, 0.05) is 38.5 Å². The van der Waals surface area contributed by atoms with Gasteiger partial charge in [0.05, 0.1) is 18.1 Å². The summed E-state index contributed by atoms with van der Waals surface area (Å²) in [4.78, 5) is 35.4. The van der Waals surface area contributed by atoms with Crippen molar-refractivity contribution in [1.82, 2.24) is 25.3 Å². The average molecular weight is 415 g/mol. The number of aromatic nitrogens is 3. The van der Waals surface area contributed by atoms with Gasteiger partial charge in [-0.05, 0) is 31.7 Å². The summed E-state index contributed by atoms with van der Waals surface area (Å²) in [5.41, 5.74) is -0.00624. The second-order valence-electron chi connectivity index (χ2n) is 7.91. The highest BCUT2D eigenvalue weighted by Gasteiger charge is 2.58. The van der Waals surface area contributed by atoms with Crippen molar-refractivity contribution in [3.63, 3.8) is 0 Å². The Morgan fingerprint density at radius 3 is 2.83 bits per heavy atom. The van der Waals surface area contributed by atoms with Crippen LogP contribution in [0.5, 0.6) is 5.88 Å². The smallest absolute Gasteiger partial charge is 0.253 e. The number of nitrogens with zero attached hydrogens (tertiary/aromatic N) is 4. The molecule has 1 saturated heterocycles. The van der Waals surface area contributed by atoms with Gasteiger partial charge in [-0.1, -0.05) is 5.16 Å². The van der Waals surface area contributed by atoms with Crippen molar-refractivity contribution in [3.05, 3.63) is 35.6 Å². The van der Waals surface area contributed by atoms with Gasteiger partial charge >= 0.3 is 0 Å². The molecule has 160 valence electrons. The summed E-state index contributed by atoms with van der Waals surface area (Å²) in [5.74, 6) is 1.38. The van der Waals surface area contributed by atoms with E-state index in [0.29, 0.717) is 49.1 Å². The lowest BCUT2D eigenvalue weighted by atomic mass is 9.80. The maximum Gasteiger partial charge on any atom is 0.253 e. The maximum absolute atomic E-state index is 12.7. The van der Waals surface area contributed by atoms with Gasteiger partial charge in [-0.3, -0.25) is 9.59 Å². The molecule has 2 aromatic rings. The lowest BCUT2D eigenvalue weighted by Gasteiger charge is -2.25. The second kappa shape index (κ2) is 8.02. The van der Waals surface area contributed by atoms with Crippen LogP contribution in [0.2, 0.25) is 0 Å². The van der Waals surface area contributed by atoms with Crippen LogP contribution in [0.3, 0.4) is 0 Å². The van der Waals surface area contributed by atoms with Gasteiger partial charge in [-0.2, -0.15) is 4.98 Å². The largest absolute Gasteiger partial charge is 0.481 e. The number of amides is 2. The van der Waals surface area contributed by atoms with Crippen LogP contribution >= 0.6 is 0 Å². The number of rotatable bonds is 6. The Balaban J connectivity index is 1.51. The number of nitrogens with one attached hydrogen (secondary N) is 1. The minimum absolute atomic E-state index is 0.0380. The maximum atomic E-state index is 12.7. The molecule has 2 aromatic heterocycles. The molecule has 1 saturated carbocycles. The number of pyridine rings is 1. The number of hydrogen-bond acceptors (Lipinski definition) is 8. The molecule has 1 N–H and O–H groups in total. The molecule has 1 aliphatic heterocycles. The molecule has 2 fully saturated rings. The summed E-state index contributed by atoms with van der Waals surface area (Å²) in [6.45, 7) is 2.85. The molecule has 0 bridgehead atoms. The van der Waals surface area contributed by atoms with Crippen molar-refractivity contribution in [1.29, 1.82) is 0 Å². The van der Waals surface area contributed by atoms with Crippen LogP contribution in [0.15, 0.2) is 22.9 Å². The highest BCUT2D eigenvalue weighted by Crippen LogP contribution is 2.50. The first-order chi connectivity index (χ1) is 14.4. The van der Waals surface area contributed by atoms with E-state index < -0.39 is 5.41 Å². The Morgan fingerprint density at radius 2 is 2.20 bits per heavy atom. The van der Waals surface area contributed by atoms with Crippen molar-refractivity contribution in [2.75, 3.05) is 33.9 Å². The predicted molar refractivity (Wildman–Crippen MR) is 104 cm³/mol. The molecule has 3 heterocycles. The first-order valence-corrected chi connectivity index (χ1v) is 9.83. The number of hydrogen-bond donors (Lipinski definition) is 1. The molecule has 2 aliphatic rings. The number of likely N-dealkylation sites (tertiary alicyclic amines) is 1. The van der Waals surface area contributed by atoms with E-state index in [9.17, 15) is 9.59 Å². The molecule has 1 aliphatic carbocycles. The van der Waals surface area contributed by atoms with E-state index in [2.05, 4.69) is 20.4 Å². The van der Waals surface area contributed by atoms with E-state index >= 15 is 0 Å². The zero-order valence-corrected chi connectivity index (χ0v) is 17.3. The SMILES string of the molecule is COCC(=O)N1CC2C[C@@H](NC(=O)c3ccc(OC)nc3)C[C@]2(c2nc(C)no2)C1. The van der Waals surface area contributed by atoms with Crippen molar-refractivity contribution in [2.45, 2.75) is 31.2 Å². The van der Waals surface area contributed by atoms with E-state index in [1.165, 1.54) is 20.4 Å². The summed E-state index contributed by atoms with van der Waals surface area (Å²) in [5, 5.41) is 7.04. The van der Waals surface area contributed by atoms with Crippen molar-refractivity contribution >= 4 is 11.8 Å². The topological polar surface area (TPSA) is 120 Å². The molecule has 0 radical (unpaired) electrons. The normalized spacial score (nSPS) is 25.2. The number of aryl methyl sites for hydroxylation is 1. The van der Waals surface area contributed by atoms with Crippen LogP contribution in [0.4, 0.5) is 0 Å². The molecule has 10 nitrogen and oxygen atoms in total. The summed E-state index contributed by atoms with van der Waals surface area (Å²) in [6, 6.07) is 3.26. The Bertz CT molecular complexity index is 930. The van der Waals surface area contributed by atoms with Crippen molar-refractivity contribution in [3.8, 4) is 5.88 Å². The van der Waals surface area contributed by atoms with Gasteiger partial charge in [0.25, 0.3) is 5.91 Å². The molecule has 0 aromatic carbocycles. The van der Waals surface area contributed by atoms with Crippen molar-refractivity contribution < 1.29 is 23.6 Å². The minimum Gasteiger partial charge on any atom is -0.481 e. The van der Waals surface area contributed by atoms with Gasteiger partial charge in [0.2, 0.25) is 17.7 Å². The molecule has 4 rings (SSSR count). The molecule has 30 heavy (non-hydrogen) atoms. The number of carbonyl (C=O) groups is 2. The third kappa shape index (κ3) is 3.62. The predicted octanol–water partition coefficient (Wildman–Crippen LogP) is 0.717. The summed E-state index contributed by atoms with van der Waals surface area (Å²) in [7, 11) is 3.03. The van der Waals surface area contributed by atoms with E-state index in [0.717, 1.165) is 0 Å². The lowest BCUT2D eigenvalue weighted by molar-refractivity contribution is -0.134. The van der Waals surface area contributed by atoms with E-state index in [1.807, 2.05) is 0 Å². The van der Waals surface area contributed by atoms with Gasteiger partial charge in [-0.15, -0.1) is 0 Å². The molecule has 1 unspecified atom stereocenters. The van der Waals surface area contributed by atoms with E-state index in [4.69, 9.17) is 14.0 Å². The average Bonchev–Trinajstić information content (AvgIpc) is 3.41. The molecule has 2 amide bonds. The fourth-order valence-corrected chi connectivity index (χ4v) is 4.62. The van der Waals surface area contributed by atoms with Crippen LogP contribution in [-0.4, -0.2) is 71.8 Å². The molecule has 10 heteroatoms. The minimum atomic E-state index is -0.471. The number of carbonyl (C=O) groups excluding carboxylic acids is 2. The fraction of sp³-hybridized carbons (Fsp3) is 0.550. The molecular formula is C20H25N5O5. The molecular weight excluding hydrogens is 390 g/mol. The van der Waals surface area contributed by atoms with Crippen LogP contribution in [0.1, 0.15) is 34.9 Å². The second-order valence-corrected chi connectivity index (χ2v) is 7.91. The van der Waals surface area contributed by atoms with Crippen LogP contribution in [0.25, 0.3) is 0 Å². The summed E-state index contributed by atoms with van der Waals surface area (Å²) >= 11 is 0. The Kier molecular flexibility index (Phi) is 5.42. The first kappa shape index (κ1) is 20.3. The summed E-state index contributed by atoms with van der Waals surface area (Å²) in [6.07, 6.45) is 2.82. The molecule has 3 atom stereocenters. The third-order valence-corrected chi connectivity index (χ3v) is 5.99. The third-order valence-electron chi connectivity index (χ3n) is 5.99. The lowest BCUT2D eigenvalue weighted by Crippen LogP contribution is -2.40. The van der Waals surface area contributed by atoms with Gasteiger partial charge in [0.15, 0.2) is 5.82 Å². The number of fused-ring (bicyclic) bond motifs is 1. The number of methoxy groups -OCH3 is 2. The standard InChI is InChI=1S/C20H25N5O5/c1-12-22-19(30-24-12)20-7-15(6-14(20)9-25(11-20)17(26)10-28-2)23-18(27)13-4-5-16(29-3)21-8-13/h4-5,8,14-15H,6-7,9-11H2,1-3H3,(H,23,27)/t14?,15-,20+/m1/s1. The van der Waals surface area contributed by atoms with Gasteiger partial charge in [-0.25, -0.2) is 4.98 Å². The zero-order valence-electron chi connectivity index (χ0n) is 17.3.